The standard InChI is InChI=1S/C18H14BrN3O4S/c1-27(24,25)14-7-8-16(19)15(11-14)17(23)22-12-3-5-13(6-4-12)26-18-20-9-2-10-21-18/h2-11H,1H3,(H,22,23). The third kappa shape index (κ3) is 4.89. The summed E-state index contributed by atoms with van der Waals surface area (Å²) in [6, 6.07) is 12.8. The molecule has 1 heterocycles. The van der Waals surface area contributed by atoms with Crippen LogP contribution in [0.4, 0.5) is 5.69 Å². The maximum atomic E-state index is 12.5. The van der Waals surface area contributed by atoms with Crippen LogP contribution < -0.4 is 10.1 Å². The van der Waals surface area contributed by atoms with Crippen LogP contribution in [0, 0.1) is 0 Å². The Kier molecular flexibility index (Phi) is 5.52. The molecule has 0 spiro atoms. The van der Waals surface area contributed by atoms with Gasteiger partial charge in [0.2, 0.25) is 0 Å². The molecular weight excluding hydrogens is 434 g/mol. The second kappa shape index (κ2) is 7.85. The number of carbonyl (C=O) groups is 1. The predicted octanol–water partition coefficient (Wildman–Crippen LogP) is 3.69. The Morgan fingerprint density at radius 2 is 1.74 bits per heavy atom. The fourth-order valence-corrected chi connectivity index (χ4v) is 3.23. The quantitative estimate of drug-likeness (QED) is 0.640. The molecule has 0 saturated carbocycles. The number of hydrogen-bond acceptors (Lipinski definition) is 6. The van der Waals surface area contributed by atoms with Crippen molar-refractivity contribution in [3.05, 3.63) is 71.0 Å². The van der Waals surface area contributed by atoms with Crippen LogP contribution in [0.3, 0.4) is 0 Å². The third-order valence-electron chi connectivity index (χ3n) is 3.47. The van der Waals surface area contributed by atoms with Crippen molar-refractivity contribution in [2.45, 2.75) is 4.90 Å². The zero-order valence-corrected chi connectivity index (χ0v) is 16.5. The van der Waals surface area contributed by atoms with Gasteiger partial charge in [-0.1, -0.05) is 0 Å². The van der Waals surface area contributed by atoms with Gasteiger partial charge in [0.25, 0.3) is 5.91 Å². The van der Waals surface area contributed by atoms with Gasteiger partial charge in [0, 0.05) is 28.8 Å². The van der Waals surface area contributed by atoms with Crippen molar-refractivity contribution >= 4 is 37.4 Å². The zero-order valence-electron chi connectivity index (χ0n) is 14.1. The Labute approximate surface area is 164 Å². The molecule has 0 radical (unpaired) electrons. The van der Waals surface area contributed by atoms with Gasteiger partial charge in [-0.25, -0.2) is 18.4 Å². The summed E-state index contributed by atoms with van der Waals surface area (Å²) in [4.78, 5) is 20.5. The predicted molar refractivity (Wildman–Crippen MR) is 104 cm³/mol. The van der Waals surface area contributed by atoms with Crippen LogP contribution in [-0.4, -0.2) is 30.5 Å². The summed E-state index contributed by atoms with van der Waals surface area (Å²) in [5, 5.41) is 2.72. The summed E-state index contributed by atoms with van der Waals surface area (Å²) in [5.41, 5.74) is 0.744. The molecule has 3 rings (SSSR count). The van der Waals surface area contributed by atoms with Gasteiger partial charge in [0.05, 0.1) is 10.5 Å². The molecule has 0 saturated heterocycles. The second-order valence-corrected chi connectivity index (χ2v) is 8.40. The molecule has 9 heteroatoms. The molecule has 0 unspecified atom stereocenters. The lowest BCUT2D eigenvalue weighted by Gasteiger charge is -2.09. The van der Waals surface area contributed by atoms with E-state index < -0.39 is 15.7 Å². The van der Waals surface area contributed by atoms with E-state index in [1.165, 1.54) is 18.2 Å². The van der Waals surface area contributed by atoms with Crippen molar-refractivity contribution in [3.63, 3.8) is 0 Å². The van der Waals surface area contributed by atoms with E-state index >= 15 is 0 Å². The molecule has 1 amide bonds. The number of carbonyl (C=O) groups excluding carboxylic acids is 1. The molecule has 1 aromatic heterocycles. The number of hydrogen-bond donors (Lipinski definition) is 1. The summed E-state index contributed by atoms with van der Waals surface area (Å²) >= 11 is 3.27. The van der Waals surface area contributed by atoms with Crippen molar-refractivity contribution in [2.75, 3.05) is 11.6 Å². The van der Waals surface area contributed by atoms with E-state index in [0.29, 0.717) is 15.9 Å². The number of nitrogens with one attached hydrogen (secondary N) is 1. The Morgan fingerprint density at radius 3 is 2.37 bits per heavy atom. The van der Waals surface area contributed by atoms with Gasteiger partial charge >= 0.3 is 6.01 Å². The van der Waals surface area contributed by atoms with Crippen molar-refractivity contribution in [2.24, 2.45) is 0 Å². The van der Waals surface area contributed by atoms with Gasteiger partial charge in [-0.15, -0.1) is 0 Å². The molecular formula is C18H14BrN3O4S. The first-order chi connectivity index (χ1) is 12.8. The molecule has 0 aliphatic rings. The van der Waals surface area contributed by atoms with E-state index in [0.717, 1.165) is 6.26 Å². The van der Waals surface area contributed by atoms with E-state index in [1.807, 2.05) is 0 Å². The first-order valence-corrected chi connectivity index (χ1v) is 10.4. The monoisotopic (exact) mass is 447 g/mol. The van der Waals surface area contributed by atoms with Crippen LogP contribution in [-0.2, 0) is 9.84 Å². The first kappa shape index (κ1) is 19.0. The van der Waals surface area contributed by atoms with Crippen LogP contribution in [0.5, 0.6) is 11.8 Å². The van der Waals surface area contributed by atoms with E-state index in [2.05, 4.69) is 31.2 Å². The Balaban J connectivity index is 1.75. The minimum Gasteiger partial charge on any atom is -0.424 e. The largest absolute Gasteiger partial charge is 0.424 e. The molecule has 0 aliphatic heterocycles. The van der Waals surface area contributed by atoms with E-state index in [4.69, 9.17) is 4.74 Å². The number of rotatable bonds is 5. The Morgan fingerprint density at radius 1 is 1.07 bits per heavy atom. The van der Waals surface area contributed by atoms with Gasteiger partial charge in [-0.2, -0.15) is 0 Å². The number of ether oxygens (including phenoxy) is 1. The number of nitrogens with zero attached hydrogens (tertiary/aromatic N) is 2. The molecule has 2 aromatic carbocycles. The number of anilines is 1. The molecule has 27 heavy (non-hydrogen) atoms. The van der Waals surface area contributed by atoms with Gasteiger partial charge in [-0.3, -0.25) is 4.79 Å². The molecule has 3 aromatic rings. The molecule has 0 fully saturated rings. The number of amides is 1. The molecule has 138 valence electrons. The van der Waals surface area contributed by atoms with Crippen molar-refractivity contribution in [1.29, 1.82) is 0 Å². The highest BCUT2D eigenvalue weighted by Crippen LogP contribution is 2.24. The lowest BCUT2D eigenvalue weighted by Crippen LogP contribution is -2.13. The van der Waals surface area contributed by atoms with Gasteiger partial charge < -0.3 is 10.1 Å². The highest BCUT2D eigenvalue weighted by Gasteiger charge is 2.15. The smallest absolute Gasteiger partial charge is 0.321 e. The van der Waals surface area contributed by atoms with Crippen LogP contribution in [0.2, 0.25) is 0 Å². The number of sulfone groups is 1. The maximum Gasteiger partial charge on any atom is 0.321 e. The van der Waals surface area contributed by atoms with Gasteiger partial charge in [0.15, 0.2) is 9.84 Å². The number of benzene rings is 2. The minimum absolute atomic E-state index is 0.0717. The summed E-state index contributed by atoms with van der Waals surface area (Å²) in [6.07, 6.45) is 4.23. The van der Waals surface area contributed by atoms with Crippen LogP contribution in [0.1, 0.15) is 10.4 Å². The average molecular weight is 448 g/mol. The first-order valence-electron chi connectivity index (χ1n) is 7.69. The highest BCUT2D eigenvalue weighted by atomic mass is 79.9. The molecule has 1 N–H and O–H groups in total. The maximum absolute atomic E-state index is 12.5. The van der Waals surface area contributed by atoms with Crippen LogP contribution in [0.25, 0.3) is 0 Å². The van der Waals surface area contributed by atoms with Crippen molar-refractivity contribution in [1.82, 2.24) is 9.97 Å². The number of aromatic nitrogens is 2. The molecule has 0 atom stereocenters. The average Bonchev–Trinajstić information content (AvgIpc) is 2.63. The normalized spacial score (nSPS) is 11.0. The Hall–Kier alpha value is -2.78. The third-order valence-corrected chi connectivity index (χ3v) is 5.28. The topological polar surface area (TPSA) is 98.2 Å². The second-order valence-electron chi connectivity index (χ2n) is 5.53. The lowest BCUT2D eigenvalue weighted by atomic mass is 10.2. The fourth-order valence-electron chi connectivity index (χ4n) is 2.16. The van der Waals surface area contributed by atoms with Crippen molar-refractivity contribution in [3.8, 4) is 11.8 Å². The molecule has 7 nitrogen and oxygen atoms in total. The van der Waals surface area contributed by atoms with Crippen LogP contribution >= 0.6 is 15.9 Å². The van der Waals surface area contributed by atoms with Crippen LogP contribution in [0.15, 0.2) is 70.3 Å². The summed E-state index contributed by atoms with van der Waals surface area (Å²) in [5.74, 6) is 0.0758. The van der Waals surface area contributed by atoms with Gasteiger partial charge in [-0.05, 0) is 64.5 Å². The fraction of sp³-hybridized carbons (Fsp3) is 0.0556. The van der Waals surface area contributed by atoms with E-state index in [-0.39, 0.29) is 16.5 Å². The van der Waals surface area contributed by atoms with E-state index in [1.54, 1.807) is 42.7 Å². The van der Waals surface area contributed by atoms with Gasteiger partial charge in [0.1, 0.15) is 5.75 Å². The lowest BCUT2D eigenvalue weighted by molar-refractivity contribution is 0.102. The summed E-state index contributed by atoms with van der Waals surface area (Å²) < 4.78 is 29.4. The highest BCUT2D eigenvalue weighted by molar-refractivity contribution is 9.10. The zero-order chi connectivity index (χ0) is 19.4. The van der Waals surface area contributed by atoms with Crippen molar-refractivity contribution < 1.29 is 17.9 Å². The molecule has 0 bridgehead atoms. The SMILES string of the molecule is CS(=O)(=O)c1ccc(Br)c(C(=O)Nc2ccc(Oc3ncccn3)cc2)c1. The molecule has 0 aliphatic carbocycles. The number of halogens is 1. The Bertz CT molecular complexity index is 1070. The summed E-state index contributed by atoms with van der Waals surface area (Å²) in [7, 11) is -3.41. The summed E-state index contributed by atoms with van der Waals surface area (Å²) in [6.45, 7) is 0. The minimum atomic E-state index is -3.41. The van der Waals surface area contributed by atoms with E-state index in [9.17, 15) is 13.2 Å².